The minimum atomic E-state index is -5.33. The van der Waals surface area contributed by atoms with Crippen LogP contribution in [0, 0.1) is 0 Å². The van der Waals surface area contributed by atoms with E-state index in [2.05, 4.69) is 65.8 Å². The van der Waals surface area contributed by atoms with Crippen LogP contribution in [0.3, 0.4) is 0 Å². The molecule has 2 unspecified atom stereocenters. The Morgan fingerprint density at radius 3 is 1.59 bits per heavy atom. The summed E-state index contributed by atoms with van der Waals surface area (Å²) in [6.07, 6.45) is -5.86. The van der Waals surface area contributed by atoms with Crippen molar-refractivity contribution in [2.75, 3.05) is 0 Å². The molecule has 0 N–H and O–H groups in total. The predicted octanol–water partition coefficient (Wildman–Crippen LogP) is 15.1. The van der Waals surface area contributed by atoms with Gasteiger partial charge in [0.2, 0.25) is 0 Å². The number of rotatable bonds is 6. The van der Waals surface area contributed by atoms with Crippen molar-refractivity contribution >= 4 is 40.3 Å². The molecule has 0 saturated heterocycles. The molecule has 56 heavy (non-hydrogen) atoms. The first-order chi connectivity index (χ1) is 26.0. The van der Waals surface area contributed by atoms with Crippen molar-refractivity contribution < 1.29 is 44.2 Å². The van der Waals surface area contributed by atoms with E-state index in [4.69, 9.17) is 17.0 Å². The molecule has 0 nitrogen and oxygen atoms in total. The van der Waals surface area contributed by atoms with Crippen molar-refractivity contribution in [3.63, 3.8) is 0 Å². The summed E-state index contributed by atoms with van der Waals surface area (Å²) >= 11 is -5.33. The third kappa shape index (κ3) is 7.31. The van der Waals surface area contributed by atoms with E-state index in [-0.39, 0.29) is 28.0 Å². The van der Waals surface area contributed by atoms with E-state index in [0.29, 0.717) is 17.5 Å². The zero-order chi connectivity index (χ0) is 40.6. The third-order valence-electron chi connectivity index (χ3n) is 11.2. The molecule has 0 aromatic heterocycles. The number of halogens is 8. The van der Waals surface area contributed by atoms with Gasteiger partial charge >= 0.3 is 339 Å². The quantitative estimate of drug-likeness (QED) is 0.149. The van der Waals surface area contributed by atoms with Crippen molar-refractivity contribution in [2.24, 2.45) is 0 Å². The number of fused-ring (bicyclic) bond motifs is 2. The van der Waals surface area contributed by atoms with Gasteiger partial charge in [-0.15, -0.1) is 0 Å². The molecular weight excluding hydrogens is 841 g/mol. The molecule has 0 fully saturated rings. The Labute approximate surface area is 336 Å². The summed E-state index contributed by atoms with van der Waals surface area (Å²) in [6, 6.07) is 33.5. The van der Waals surface area contributed by atoms with Gasteiger partial charge in [0.15, 0.2) is 0 Å². The number of alkyl halides is 6. The van der Waals surface area contributed by atoms with E-state index in [1.807, 2.05) is 72.8 Å². The van der Waals surface area contributed by atoms with Crippen LogP contribution in [0.2, 0.25) is 0 Å². The van der Waals surface area contributed by atoms with Gasteiger partial charge in [0.05, 0.1) is 0 Å². The maximum absolute atomic E-state index is 14.4. The van der Waals surface area contributed by atoms with Crippen molar-refractivity contribution in [1.82, 2.24) is 0 Å². The Hall–Kier alpha value is -3.38. The van der Waals surface area contributed by atoms with Crippen LogP contribution in [-0.2, 0) is 50.6 Å². The van der Waals surface area contributed by atoms with Gasteiger partial charge in [0.1, 0.15) is 0 Å². The topological polar surface area (TPSA) is 0 Å². The van der Waals surface area contributed by atoms with Gasteiger partial charge in [0.25, 0.3) is 0 Å². The Kier molecular flexibility index (Phi) is 10.3. The SMILES string of the molecule is CC(C)(C)c1cc(C2=Cc3ccccc3[C]2(Cc2ccccc2)[Zr]([Cl])([Cl])[CH]2C(c3cc(C(F)(F)F)cc(C(F)(F)F)c3)=Cc3ccccc32)cc(C(C)(C)C)c1. The van der Waals surface area contributed by atoms with Crippen LogP contribution < -0.4 is 0 Å². The molecule has 9 heteroatoms. The monoisotopic (exact) mass is 880 g/mol. The van der Waals surface area contributed by atoms with Crippen LogP contribution in [0.4, 0.5) is 26.3 Å². The Morgan fingerprint density at radius 2 is 1.04 bits per heavy atom. The summed E-state index contributed by atoms with van der Waals surface area (Å²) in [6.45, 7) is 13.0. The Bertz CT molecular complexity index is 2310. The number of allylic oxidation sites excluding steroid dienone is 2. The van der Waals surface area contributed by atoms with Gasteiger partial charge in [-0.1, -0.05) is 0 Å². The molecule has 290 valence electrons. The van der Waals surface area contributed by atoms with Gasteiger partial charge in [0, 0.05) is 0 Å². The fourth-order valence-electron chi connectivity index (χ4n) is 8.32. The van der Waals surface area contributed by atoms with E-state index in [0.717, 1.165) is 51.1 Å². The average molecular weight is 883 g/mol. The third-order valence-corrected chi connectivity index (χ3v) is 25.5. The molecular formula is C47H42Cl2F6Zr. The molecule has 2 atom stereocenters. The molecule has 2 aliphatic carbocycles. The summed E-state index contributed by atoms with van der Waals surface area (Å²) in [5.41, 5.74) is 5.05. The zero-order valence-corrected chi connectivity index (χ0v) is 35.9. The van der Waals surface area contributed by atoms with Crippen molar-refractivity contribution in [3.05, 3.63) is 176 Å². The van der Waals surface area contributed by atoms with Crippen LogP contribution in [0.25, 0.3) is 23.3 Å². The summed E-state index contributed by atoms with van der Waals surface area (Å²) in [4.78, 5) is 0. The molecule has 0 heterocycles. The maximum atomic E-state index is 14.4. The van der Waals surface area contributed by atoms with Crippen molar-refractivity contribution in [2.45, 2.75) is 77.9 Å². The summed E-state index contributed by atoms with van der Waals surface area (Å²) < 4.78 is 84.3. The zero-order valence-electron chi connectivity index (χ0n) is 31.9. The Morgan fingerprint density at radius 1 is 0.554 bits per heavy atom. The fourth-order valence-corrected chi connectivity index (χ4v) is 22.6. The van der Waals surface area contributed by atoms with E-state index in [1.54, 1.807) is 12.1 Å². The molecule has 7 rings (SSSR count). The Balaban J connectivity index is 1.56. The predicted molar refractivity (Wildman–Crippen MR) is 215 cm³/mol. The van der Waals surface area contributed by atoms with Crippen molar-refractivity contribution in [3.8, 4) is 0 Å². The second kappa shape index (κ2) is 14.2. The average Bonchev–Trinajstić information content (AvgIpc) is 3.68. The van der Waals surface area contributed by atoms with Crippen molar-refractivity contribution in [1.29, 1.82) is 0 Å². The van der Waals surface area contributed by atoms with E-state index in [9.17, 15) is 26.3 Å². The summed E-state index contributed by atoms with van der Waals surface area (Å²) in [7, 11) is 16.7. The molecule has 5 aromatic rings. The van der Waals surface area contributed by atoms with Crippen LogP contribution in [0.15, 0.2) is 115 Å². The first kappa shape index (κ1) is 40.8. The van der Waals surface area contributed by atoms with Crippen LogP contribution in [-0.4, -0.2) is 0 Å². The first-order valence-electron chi connectivity index (χ1n) is 18.5. The van der Waals surface area contributed by atoms with Gasteiger partial charge < -0.3 is 0 Å². The fraction of sp³-hybridized carbons (Fsp3) is 0.277. The number of benzene rings is 5. The molecule has 0 radical (unpaired) electrons. The van der Waals surface area contributed by atoms with E-state index in [1.165, 1.54) is 0 Å². The standard InChI is InChI=1S/C30H33.C17H9F6.2ClH.Zr/c1-29(2,3)24-17-23(18-25(20-24)30(4,5)6)27-19-22-14-10-11-15-26(22)28(27)16-21-12-8-7-9-13-21;18-16(19,20)14-7-13(8-15(9-14)17(21,22)23)12-5-10-3-1-2-4-11(10)6-12;;;/h7-15,17-20H,16H2,1-6H3;1-9H;2*1H;/q;;;;+2/p-2. The second-order valence-corrected chi connectivity index (χ2v) is 31.9. The van der Waals surface area contributed by atoms with Crippen LogP contribution in [0.5, 0.6) is 0 Å². The molecule has 5 aromatic carbocycles. The number of hydrogen-bond donors (Lipinski definition) is 0. The molecule has 0 aliphatic heterocycles. The summed E-state index contributed by atoms with van der Waals surface area (Å²) in [5, 5.41) is 0. The number of hydrogen-bond acceptors (Lipinski definition) is 0. The first-order valence-corrected chi connectivity index (χ1v) is 27.5. The van der Waals surface area contributed by atoms with Gasteiger partial charge in [-0.05, 0) is 0 Å². The molecule has 0 amide bonds. The van der Waals surface area contributed by atoms with E-state index >= 15 is 0 Å². The second-order valence-electron chi connectivity index (χ2n) is 17.1. The molecule has 2 aliphatic rings. The minimum absolute atomic E-state index is 0.166. The van der Waals surface area contributed by atoms with Gasteiger partial charge in [-0.2, -0.15) is 0 Å². The molecule has 0 spiro atoms. The van der Waals surface area contributed by atoms with Gasteiger partial charge in [-0.3, -0.25) is 0 Å². The normalized spacial score (nSPS) is 18.7. The van der Waals surface area contributed by atoms with Gasteiger partial charge in [-0.25, -0.2) is 0 Å². The van der Waals surface area contributed by atoms with E-state index < -0.39 is 48.1 Å². The summed E-state index contributed by atoms with van der Waals surface area (Å²) in [5.74, 6) is 0. The van der Waals surface area contributed by atoms with Crippen LogP contribution in [0.1, 0.15) is 106 Å². The molecule has 0 saturated carbocycles. The molecule has 0 bridgehead atoms. The van der Waals surface area contributed by atoms with Crippen LogP contribution >= 0.6 is 17.0 Å².